The number of anilines is 1. The number of hydrogen-bond acceptors (Lipinski definition) is 3. The van der Waals surface area contributed by atoms with Crippen molar-refractivity contribution in [3.8, 4) is 0 Å². The molecule has 4 rings (SSSR count). The summed E-state index contributed by atoms with van der Waals surface area (Å²) in [7, 11) is 0. The van der Waals surface area contributed by atoms with Crippen LogP contribution < -0.4 is 5.32 Å². The van der Waals surface area contributed by atoms with E-state index < -0.39 is 0 Å². The summed E-state index contributed by atoms with van der Waals surface area (Å²) in [5.74, 6) is 0.990. The number of alkyl halides is 1. The van der Waals surface area contributed by atoms with Gasteiger partial charge in [0.05, 0.1) is 0 Å². The molecule has 2 N–H and O–H groups in total. The zero-order valence-electron chi connectivity index (χ0n) is 16.5. The number of aromatic nitrogens is 2. The summed E-state index contributed by atoms with van der Waals surface area (Å²) in [6.07, 6.45) is 10.3. The van der Waals surface area contributed by atoms with Crippen molar-refractivity contribution in [1.82, 2.24) is 14.9 Å². The molecule has 1 aliphatic carbocycles. The normalized spacial score (nSPS) is 19.6. The highest BCUT2D eigenvalue weighted by Gasteiger charge is 2.30. The van der Waals surface area contributed by atoms with Gasteiger partial charge in [0.2, 0.25) is 11.8 Å². The highest BCUT2D eigenvalue weighted by molar-refractivity contribution is 9.09. The number of halogens is 1. The molecule has 1 fully saturated rings. The Balaban J connectivity index is 1.59. The van der Waals surface area contributed by atoms with E-state index in [1.54, 1.807) is 6.08 Å². The molecule has 1 unspecified atom stereocenters. The smallest absolute Gasteiger partial charge is 0.246 e. The molecule has 1 saturated carbocycles. The van der Waals surface area contributed by atoms with E-state index in [-0.39, 0.29) is 23.7 Å². The second-order valence-corrected chi connectivity index (χ2v) is 8.54. The second kappa shape index (κ2) is 8.53. The molecule has 1 aliphatic heterocycles. The van der Waals surface area contributed by atoms with Gasteiger partial charge in [0.15, 0.2) is 0 Å². The second-order valence-electron chi connectivity index (χ2n) is 7.74. The molecule has 3 heterocycles. The van der Waals surface area contributed by atoms with Crippen LogP contribution in [0.1, 0.15) is 31.7 Å². The molecule has 2 aliphatic rings. The number of hydrogen-bond donors (Lipinski definition) is 2. The molecule has 2 aromatic rings. The molecule has 6 nitrogen and oxygen atoms in total. The Kier molecular flexibility index (Phi) is 5.85. The summed E-state index contributed by atoms with van der Waals surface area (Å²) in [5.41, 5.74) is 3.02. The first kappa shape index (κ1) is 19.9. The van der Waals surface area contributed by atoms with Crippen LogP contribution in [0.15, 0.2) is 36.6 Å². The number of pyridine rings is 1. The topological polar surface area (TPSA) is 78.1 Å². The zero-order valence-corrected chi connectivity index (χ0v) is 18.0. The number of fused-ring (bicyclic) bond motifs is 1. The quantitative estimate of drug-likeness (QED) is 0.506. The van der Waals surface area contributed by atoms with Gasteiger partial charge >= 0.3 is 0 Å². The number of carbonyl (C=O) groups excluding carboxylic acids is 2. The fourth-order valence-electron chi connectivity index (χ4n) is 3.74. The van der Waals surface area contributed by atoms with Crippen molar-refractivity contribution in [2.45, 2.75) is 26.2 Å². The average molecular weight is 457 g/mol. The molecule has 0 aromatic carbocycles. The Labute approximate surface area is 178 Å². The van der Waals surface area contributed by atoms with Gasteiger partial charge < -0.3 is 15.2 Å². The summed E-state index contributed by atoms with van der Waals surface area (Å²) in [6.45, 7) is 3.38. The lowest BCUT2D eigenvalue weighted by molar-refractivity contribution is -0.126. The van der Waals surface area contributed by atoms with Gasteiger partial charge in [0.25, 0.3) is 0 Å². The molecule has 0 saturated heterocycles. The van der Waals surface area contributed by atoms with Gasteiger partial charge in [-0.2, -0.15) is 0 Å². The van der Waals surface area contributed by atoms with Crippen molar-refractivity contribution < 1.29 is 9.59 Å². The van der Waals surface area contributed by atoms with Crippen molar-refractivity contribution in [1.29, 1.82) is 0 Å². The largest absolute Gasteiger partial charge is 0.346 e. The predicted molar refractivity (Wildman–Crippen MR) is 119 cm³/mol. The number of nitrogens with zero attached hydrogens (tertiary/aromatic N) is 2. The highest BCUT2D eigenvalue weighted by atomic mass is 79.9. The SMILES string of the molecule is CC1CN(C(=O)/C=C/CCBr)CC=C1c1cc(NC(=O)C2CC2)nc2[nH]ccc12. The first-order valence-electron chi connectivity index (χ1n) is 10.1. The van der Waals surface area contributed by atoms with Crippen LogP contribution in [0.2, 0.25) is 0 Å². The van der Waals surface area contributed by atoms with E-state index in [0.717, 1.165) is 41.2 Å². The van der Waals surface area contributed by atoms with Crippen molar-refractivity contribution in [2.24, 2.45) is 11.8 Å². The highest BCUT2D eigenvalue weighted by Crippen LogP contribution is 2.35. The fourth-order valence-corrected chi connectivity index (χ4v) is 4.00. The number of carbonyl (C=O) groups is 2. The number of allylic oxidation sites excluding steroid dienone is 1. The van der Waals surface area contributed by atoms with E-state index in [2.05, 4.69) is 44.2 Å². The lowest BCUT2D eigenvalue weighted by Gasteiger charge is -2.31. The van der Waals surface area contributed by atoms with Crippen LogP contribution in [0.5, 0.6) is 0 Å². The Morgan fingerprint density at radius 3 is 2.97 bits per heavy atom. The van der Waals surface area contributed by atoms with Crippen LogP contribution in [0.25, 0.3) is 16.6 Å². The third kappa shape index (κ3) is 4.45. The molecule has 1 atom stereocenters. The van der Waals surface area contributed by atoms with Crippen LogP contribution in [-0.2, 0) is 9.59 Å². The molecule has 0 radical (unpaired) electrons. The van der Waals surface area contributed by atoms with E-state index in [0.29, 0.717) is 18.9 Å². The average Bonchev–Trinajstić information content (AvgIpc) is 3.46. The van der Waals surface area contributed by atoms with E-state index in [1.165, 1.54) is 5.57 Å². The molecule has 0 spiro atoms. The van der Waals surface area contributed by atoms with Gasteiger partial charge in [-0.25, -0.2) is 4.98 Å². The van der Waals surface area contributed by atoms with Crippen LogP contribution in [0.3, 0.4) is 0 Å². The fraction of sp³-hybridized carbons (Fsp3) is 0.409. The number of nitrogens with one attached hydrogen (secondary N) is 2. The Bertz CT molecular complexity index is 990. The van der Waals surface area contributed by atoms with Crippen molar-refractivity contribution in [3.63, 3.8) is 0 Å². The minimum Gasteiger partial charge on any atom is -0.346 e. The Morgan fingerprint density at radius 1 is 1.41 bits per heavy atom. The summed E-state index contributed by atoms with van der Waals surface area (Å²) in [5, 5.41) is 4.85. The van der Waals surface area contributed by atoms with Gasteiger partial charge in [-0.3, -0.25) is 9.59 Å². The van der Waals surface area contributed by atoms with Crippen molar-refractivity contribution >= 4 is 50.2 Å². The lowest BCUT2D eigenvalue weighted by atomic mass is 9.89. The summed E-state index contributed by atoms with van der Waals surface area (Å²) in [6, 6.07) is 3.98. The molecule has 2 aromatic heterocycles. The van der Waals surface area contributed by atoms with Crippen molar-refractivity contribution in [2.75, 3.05) is 23.7 Å². The standard InChI is InChI=1S/C22H25BrN4O2/c1-14-13-27(20(28)4-2-3-9-23)11-8-16(14)18-12-19(26-22(29)15-5-6-15)25-21-17(18)7-10-24-21/h2,4,7-8,10,12,14-15H,3,5-6,9,11,13H2,1H3,(H2,24,25,26,29)/b4-2+. The van der Waals surface area contributed by atoms with Crippen LogP contribution in [-0.4, -0.2) is 45.1 Å². The molecule has 2 amide bonds. The maximum Gasteiger partial charge on any atom is 0.246 e. The maximum atomic E-state index is 12.4. The Morgan fingerprint density at radius 2 is 2.24 bits per heavy atom. The molecular weight excluding hydrogens is 432 g/mol. The number of H-pyrrole nitrogens is 1. The molecule has 29 heavy (non-hydrogen) atoms. The zero-order chi connectivity index (χ0) is 20.4. The van der Waals surface area contributed by atoms with Gasteiger partial charge in [0, 0.05) is 35.9 Å². The number of amides is 2. The number of rotatable bonds is 6. The summed E-state index contributed by atoms with van der Waals surface area (Å²) >= 11 is 3.37. The third-order valence-corrected chi connectivity index (χ3v) is 5.90. The molecule has 152 valence electrons. The molecule has 7 heteroatoms. The van der Waals surface area contributed by atoms with Crippen LogP contribution in [0.4, 0.5) is 5.82 Å². The van der Waals surface area contributed by atoms with Crippen molar-refractivity contribution in [3.05, 3.63) is 42.1 Å². The van der Waals surface area contributed by atoms with E-state index in [9.17, 15) is 9.59 Å². The lowest BCUT2D eigenvalue weighted by Crippen LogP contribution is -2.37. The van der Waals surface area contributed by atoms with E-state index in [1.807, 2.05) is 29.3 Å². The van der Waals surface area contributed by atoms with Gasteiger partial charge in [-0.05, 0) is 54.5 Å². The number of aromatic amines is 1. The third-order valence-electron chi connectivity index (χ3n) is 5.44. The van der Waals surface area contributed by atoms with Gasteiger partial charge in [0.1, 0.15) is 11.5 Å². The van der Waals surface area contributed by atoms with E-state index in [4.69, 9.17) is 0 Å². The maximum absolute atomic E-state index is 12.4. The van der Waals surface area contributed by atoms with Gasteiger partial charge in [-0.1, -0.05) is 35.0 Å². The first-order valence-corrected chi connectivity index (χ1v) is 11.2. The van der Waals surface area contributed by atoms with Crippen LogP contribution >= 0.6 is 15.9 Å². The van der Waals surface area contributed by atoms with Crippen LogP contribution in [0, 0.1) is 11.8 Å². The molecular formula is C22H25BrN4O2. The molecule has 0 bridgehead atoms. The minimum atomic E-state index is 0.0482. The summed E-state index contributed by atoms with van der Waals surface area (Å²) < 4.78 is 0. The van der Waals surface area contributed by atoms with Gasteiger partial charge in [-0.15, -0.1) is 0 Å². The summed E-state index contributed by atoms with van der Waals surface area (Å²) in [4.78, 5) is 34.2. The Hall–Kier alpha value is -2.41. The minimum absolute atomic E-state index is 0.0482. The first-order chi connectivity index (χ1) is 14.1. The van der Waals surface area contributed by atoms with E-state index >= 15 is 0 Å². The predicted octanol–water partition coefficient (Wildman–Crippen LogP) is 4.11. The monoisotopic (exact) mass is 456 g/mol.